The van der Waals surface area contributed by atoms with E-state index in [0.29, 0.717) is 49.9 Å². The molecular formula is C41H57ClN4O5S. The lowest BCUT2D eigenvalue weighted by molar-refractivity contribution is -0.114. The van der Waals surface area contributed by atoms with E-state index in [1.807, 2.05) is 25.1 Å². The molecule has 3 fully saturated rings. The molecule has 284 valence electrons. The predicted octanol–water partition coefficient (Wildman–Crippen LogP) is 6.01. The van der Waals surface area contributed by atoms with Crippen molar-refractivity contribution in [1.29, 1.82) is 0 Å². The van der Waals surface area contributed by atoms with Gasteiger partial charge in [-0.2, -0.15) is 0 Å². The van der Waals surface area contributed by atoms with Gasteiger partial charge >= 0.3 is 0 Å². The van der Waals surface area contributed by atoms with Gasteiger partial charge < -0.3 is 14.7 Å². The van der Waals surface area contributed by atoms with Gasteiger partial charge in [0, 0.05) is 61.3 Å². The Morgan fingerprint density at radius 2 is 1.83 bits per heavy atom. The lowest BCUT2D eigenvalue weighted by Crippen LogP contribution is -2.61. The average molecular weight is 753 g/mol. The van der Waals surface area contributed by atoms with Gasteiger partial charge in [0.2, 0.25) is 10.0 Å². The molecule has 1 amide bonds. The van der Waals surface area contributed by atoms with E-state index >= 15 is 0 Å². The third-order valence-corrected chi connectivity index (χ3v) is 16.2. The average Bonchev–Trinajstić information content (AvgIpc) is 3.25. The van der Waals surface area contributed by atoms with E-state index in [0.717, 1.165) is 75.4 Å². The fourth-order valence-electron chi connectivity index (χ4n) is 10.7. The first-order valence-corrected chi connectivity index (χ1v) is 21.9. The second-order valence-electron chi connectivity index (χ2n) is 17.3. The summed E-state index contributed by atoms with van der Waals surface area (Å²) in [7, 11) is -3.94. The number of piperazine rings is 1. The molecule has 4 aliphatic heterocycles. The largest absolute Gasteiger partial charge is 0.490 e. The van der Waals surface area contributed by atoms with Gasteiger partial charge in [0.05, 0.1) is 23.1 Å². The van der Waals surface area contributed by atoms with Crippen molar-refractivity contribution < 1.29 is 23.1 Å². The molecule has 9 nitrogen and oxygen atoms in total. The van der Waals surface area contributed by atoms with Crippen molar-refractivity contribution >= 4 is 33.2 Å². The monoisotopic (exact) mass is 752 g/mol. The molecule has 1 spiro atoms. The number of nitrogens with one attached hydrogen (secondary N) is 1. The van der Waals surface area contributed by atoms with Crippen LogP contribution in [-0.2, 0) is 21.9 Å². The van der Waals surface area contributed by atoms with Gasteiger partial charge in [-0.1, -0.05) is 37.4 Å². The van der Waals surface area contributed by atoms with Crippen molar-refractivity contribution in [3.8, 4) is 5.75 Å². The first-order chi connectivity index (χ1) is 24.9. The molecule has 2 aromatic rings. The van der Waals surface area contributed by atoms with Gasteiger partial charge in [-0.15, -0.1) is 0 Å². The van der Waals surface area contributed by atoms with E-state index in [1.54, 1.807) is 13.0 Å². The summed E-state index contributed by atoms with van der Waals surface area (Å²) in [6.07, 6.45) is 10.9. The number of β-amino-alcohol motifs (C(OH)–C–C–N with tert-alkyl or cyclic N) is 1. The molecular weight excluding hydrogens is 696 g/mol. The molecule has 11 heteroatoms. The standard InChI is InChI=1S/C41H57ClN4O5S/c1-28-7-5-17-41(48,26-44-19-20-45-18-4-3-9-34(45)24-44)36-13-10-32(36)23-46-25-40(16-6-8-30-21-33(42)12-14-35(30)40)27-51-38-15-11-31(22-37(38)46)39(47)43-52(49,50)29(28)2/h11-12,14-15,21-22,28-29,32,34,36,48H,3-10,13,16-20,23-27H2,1-2H3,(H,43,47)/t28-,29+,32-,34+,36+,40-,41-/m0/s1. The van der Waals surface area contributed by atoms with Gasteiger partial charge in [0.25, 0.3) is 5.91 Å². The van der Waals surface area contributed by atoms with Crippen LogP contribution in [0.4, 0.5) is 5.69 Å². The van der Waals surface area contributed by atoms with Crippen LogP contribution in [0.2, 0.25) is 5.02 Å². The van der Waals surface area contributed by atoms with Crippen LogP contribution < -0.4 is 14.4 Å². The van der Waals surface area contributed by atoms with Crippen LogP contribution in [0.3, 0.4) is 0 Å². The molecule has 2 aromatic carbocycles. The third kappa shape index (κ3) is 7.00. The number of nitrogens with zero attached hydrogens (tertiary/aromatic N) is 3. The number of hydrogen-bond donors (Lipinski definition) is 2. The molecule has 1 saturated carbocycles. The zero-order valence-corrected chi connectivity index (χ0v) is 32.6. The Balaban J connectivity index is 1.16. The van der Waals surface area contributed by atoms with Crippen LogP contribution in [0, 0.1) is 17.8 Å². The highest BCUT2D eigenvalue weighted by Gasteiger charge is 2.50. The summed E-state index contributed by atoms with van der Waals surface area (Å²) in [5.74, 6) is 0.329. The fourth-order valence-corrected chi connectivity index (χ4v) is 12.2. The predicted molar refractivity (Wildman–Crippen MR) is 206 cm³/mol. The van der Waals surface area contributed by atoms with Gasteiger partial charge in [0.1, 0.15) is 5.75 Å². The topological polar surface area (TPSA) is 102 Å². The highest BCUT2D eigenvalue weighted by atomic mass is 35.5. The molecule has 4 heterocycles. The lowest BCUT2D eigenvalue weighted by atomic mass is 9.62. The maximum atomic E-state index is 13.6. The molecule has 2 aliphatic carbocycles. The van der Waals surface area contributed by atoms with E-state index in [4.69, 9.17) is 16.3 Å². The number of rotatable bonds is 2. The van der Waals surface area contributed by atoms with Gasteiger partial charge in [-0.3, -0.25) is 14.6 Å². The maximum Gasteiger partial charge on any atom is 0.264 e. The Bertz CT molecular complexity index is 1770. The Morgan fingerprint density at radius 3 is 2.65 bits per heavy atom. The Labute approximate surface area is 315 Å². The number of aryl methyl sites for hydroxylation is 1. The summed E-state index contributed by atoms with van der Waals surface area (Å²) in [5.41, 5.74) is 2.53. The molecule has 2 N–H and O–H groups in total. The minimum Gasteiger partial charge on any atom is -0.490 e. The lowest BCUT2D eigenvalue weighted by Gasteiger charge is -2.53. The van der Waals surface area contributed by atoms with Crippen LogP contribution in [-0.4, -0.2) is 98.5 Å². The normalized spacial score (nSPS) is 35.6. The molecule has 0 unspecified atom stereocenters. The molecule has 0 radical (unpaired) electrons. The summed E-state index contributed by atoms with van der Waals surface area (Å²) in [5, 5.41) is 12.9. The first-order valence-electron chi connectivity index (χ1n) is 20.0. The molecule has 8 rings (SSSR count). The molecule has 52 heavy (non-hydrogen) atoms. The van der Waals surface area contributed by atoms with Crippen LogP contribution in [0.1, 0.15) is 99.5 Å². The van der Waals surface area contributed by atoms with Crippen molar-refractivity contribution in [1.82, 2.24) is 14.5 Å². The number of aliphatic hydroxyl groups is 1. The van der Waals surface area contributed by atoms with E-state index in [1.165, 1.54) is 36.9 Å². The van der Waals surface area contributed by atoms with Crippen LogP contribution in [0.5, 0.6) is 5.75 Å². The zero-order valence-electron chi connectivity index (χ0n) is 31.0. The first kappa shape index (κ1) is 36.6. The number of carbonyl (C=O) groups is 1. The van der Waals surface area contributed by atoms with Crippen LogP contribution >= 0.6 is 11.6 Å². The maximum absolute atomic E-state index is 13.6. The number of amides is 1. The molecule has 2 bridgehead atoms. The quantitative estimate of drug-likeness (QED) is 0.385. The van der Waals surface area contributed by atoms with E-state index in [2.05, 4.69) is 31.6 Å². The van der Waals surface area contributed by atoms with Crippen molar-refractivity contribution in [2.75, 3.05) is 57.3 Å². The second-order valence-corrected chi connectivity index (χ2v) is 19.8. The Hall–Kier alpha value is -2.37. The van der Waals surface area contributed by atoms with Crippen molar-refractivity contribution in [3.63, 3.8) is 0 Å². The van der Waals surface area contributed by atoms with Gasteiger partial charge in [0.15, 0.2) is 0 Å². The smallest absolute Gasteiger partial charge is 0.264 e. The molecule has 2 saturated heterocycles. The number of piperidine rings is 1. The van der Waals surface area contributed by atoms with Gasteiger partial charge in [-0.25, -0.2) is 13.1 Å². The molecule has 6 aliphatic rings. The summed E-state index contributed by atoms with van der Waals surface area (Å²) < 4.78 is 36.3. The minimum atomic E-state index is -3.94. The van der Waals surface area contributed by atoms with Gasteiger partial charge in [-0.05, 0) is 130 Å². The number of carbonyl (C=O) groups excluding carboxylic acids is 1. The number of sulfonamides is 1. The Morgan fingerprint density at radius 1 is 0.962 bits per heavy atom. The van der Waals surface area contributed by atoms with E-state index in [9.17, 15) is 18.3 Å². The summed E-state index contributed by atoms with van der Waals surface area (Å²) in [6, 6.07) is 12.2. The zero-order chi connectivity index (χ0) is 36.3. The number of fused-ring (bicyclic) bond motifs is 5. The van der Waals surface area contributed by atoms with Crippen LogP contribution in [0.15, 0.2) is 36.4 Å². The Kier molecular flexibility index (Phi) is 10.1. The second kappa shape index (κ2) is 14.4. The highest BCUT2D eigenvalue weighted by molar-refractivity contribution is 7.90. The van der Waals surface area contributed by atoms with Crippen molar-refractivity contribution in [2.45, 2.75) is 107 Å². The van der Waals surface area contributed by atoms with Crippen LogP contribution in [0.25, 0.3) is 0 Å². The van der Waals surface area contributed by atoms with E-state index < -0.39 is 26.8 Å². The SMILES string of the molecule is C[C@@H]1[C@@H](C)CCC[C@](O)(CN2CCN3CCCC[C@@H]3C2)[C@@H]2CC[C@H]2CN2C[C@@]3(CCCc4cc(Cl)ccc43)COc3ccc(cc32)C(=O)NS1(=O)=O. The number of anilines is 1. The third-order valence-electron chi connectivity index (χ3n) is 14.1. The number of benzene rings is 2. The fraction of sp³-hybridized carbons (Fsp3) is 0.683. The summed E-state index contributed by atoms with van der Waals surface area (Å²) >= 11 is 6.49. The number of halogens is 1. The van der Waals surface area contributed by atoms with Crippen molar-refractivity contribution in [3.05, 3.63) is 58.1 Å². The summed E-state index contributed by atoms with van der Waals surface area (Å²) in [4.78, 5) is 21.2. The van der Waals surface area contributed by atoms with Crippen molar-refractivity contribution in [2.24, 2.45) is 17.8 Å². The van der Waals surface area contributed by atoms with E-state index in [-0.39, 0.29) is 23.2 Å². The number of ether oxygens (including phenoxy) is 1. The summed E-state index contributed by atoms with van der Waals surface area (Å²) in [6.45, 7) is 10.5. The molecule has 0 aromatic heterocycles. The highest BCUT2D eigenvalue weighted by Crippen LogP contribution is 2.49. The minimum absolute atomic E-state index is 0.133. The molecule has 7 atom stereocenters. The number of hydrogen-bond acceptors (Lipinski definition) is 8.